The maximum Gasteiger partial charge on any atom is 0.197 e. The Morgan fingerprint density at radius 3 is 2.29 bits per heavy atom. The molecule has 2 heterocycles. The monoisotopic (exact) mass is 435 g/mol. The number of hydrogen-bond acceptors (Lipinski definition) is 6. The number of halogens is 1. The average molecular weight is 436 g/mol. The minimum absolute atomic E-state index is 0.165. The Morgan fingerprint density at radius 2 is 1.61 bits per heavy atom. The van der Waals surface area contributed by atoms with Gasteiger partial charge in [-0.15, -0.1) is 10.2 Å². The van der Waals surface area contributed by atoms with E-state index in [0.717, 1.165) is 17.3 Å². The molecular weight excluding hydrogens is 413 g/mol. The van der Waals surface area contributed by atoms with Crippen molar-refractivity contribution in [1.29, 1.82) is 0 Å². The van der Waals surface area contributed by atoms with E-state index in [-0.39, 0.29) is 6.04 Å². The lowest BCUT2D eigenvalue weighted by molar-refractivity contribution is 0.148. The highest BCUT2D eigenvalue weighted by atomic mass is 32.2. The molecule has 3 unspecified atom stereocenters. The Labute approximate surface area is 184 Å². The molecular formula is C23H22FN5OS. The second kappa shape index (κ2) is 9.72. The predicted molar refractivity (Wildman–Crippen MR) is 120 cm³/mol. The molecule has 0 bridgehead atoms. The molecule has 0 spiro atoms. The molecule has 158 valence electrons. The fourth-order valence-electron chi connectivity index (χ4n) is 3.19. The standard InChI is InChI=1S/C23H22FN5OS/c1-16(17-10-4-2-5-11-17)29-21(19-14-8-9-15-25-19)27-28-23(29)31-20(24)22(30)26-18-12-6-3-7-13-18/h2-16,20,22,26,30H,1H3. The van der Waals surface area contributed by atoms with Crippen molar-refractivity contribution in [2.75, 3.05) is 5.32 Å². The van der Waals surface area contributed by atoms with Crippen LogP contribution in [-0.4, -0.2) is 36.6 Å². The summed E-state index contributed by atoms with van der Waals surface area (Å²) in [5.74, 6) is 0.539. The summed E-state index contributed by atoms with van der Waals surface area (Å²) in [6, 6.07) is 24.2. The number of aromatic nitrogens is 4. The van der Waals surface area contributed by atoms with Gasteiger partial charge in [0.15, 0.2) is 22.7 Å². The minimum Gasteiger partial charge on any atom is -0.370 e. The molecule has 0 radical (unpaired) electrons. The van der Waals surface area contributed by atoms with Crippen molar-refractivity contribution in [3.63, 3.8) is 0 Å². The number of pyridine rings is 1. The first-order chi connectivity index (χ1) is 15.1. The van der Waals surface area contributed by atoms with Crippen molar-refractivity contribution in [3.8, 4) is 11.5 Å². The molecule has 4 aromatic rings. The summed E-state index contributed by atoms with van der Waals surface area (Å²) in [5, 5.41) is 22.0. The van der Waals surface area contributed by atoms with Crippen LogP contribution in [-0.2, 0) is 0 Å². The molecule has 0 aliphatic carbocycles. The van der Waals surface area contributed by atoms with Crippen LogP contribution in [0.5, 0.6) is 0 Å². The van der Waals surface area contributed by atoms with Crippen LogP contribution in [0.1, 0.15) is 18.5 Å². The molecule has 2 aromatic carbocycles. The summed E-state index contributed by atoms with van der Waals surface area (Å²) in [5.41, 5.74) is 0.636. The van der Waals surface area contributed by atoms with Gasteiger partial charge in [-0.1, -0.05) is 54.6 Å². The van der Waals surface area contributed by atoms with Gasteiger partial charge in [0.1, 0.15) is 5.69 Å². The molecule has 0 saturated heterocycles. The lowest BCUT2D eigenvalue weighted by Gasteiger charge is -2.21. The third-order valence-electron chi connectivity index (χ3n) is 4.78. The van der Waals surface area contributed by atoms with Crippen molar-refractivity contribution >= 4 is 17.4 Å². The quantitative estimate of drug-likeness (QED) is 0.307. The minimum atomic E-state index is -1.66. The first kappa shape index (κ1) is 21.0. The maximum absolute atomic E-state index is 15.0. The van der Waals surface area contributed by atoms with Gasteiger partial charge in [0.05, 0.1) is 6.04 Å². The molecule has 0 aliphatic heterocycles. The first-order valence-electron chi connectivity index (χ1n) is 9.85. The zero-order chi connectivity index (χ0) is 21.6. The number of alkyl halides is 1. The van der Waals surface area contributed by atoms with Crippen molar-refractivity contribution in [2.24, 2.45) is 0 Å². The molecule has 4 rings (SSSR count). The Morgan fingerprint density at radius 1 is 0.935 bits per heavy atom. The highest BCUT2D eigenvalue weighted by Gasteiger charge is 2.27. The number of nitrogens with zero attached hydrogens (tertiary/aromatic N) is 4. The number of aliphatic hydroxyl groups is 1. The van der Waals surface area contributed by atoms with Crippen LogP contribution in [0.15, 0.2) is 90.2 Å². The molecule has 0 fully saturated rings. The van der Waals surface area contributed by atoms with Crippen LogP contribution in [0.25, 0.3) is 11.5 Å². The molecule has 6 nitrogen and oxygen atoms in total. The van der Waals surface area contributed by atoms with Crippen LogP contribution in [0.2, 0.25) is 0 Å². The van der Waals surface area contributed by atoms with Gasteiger partial charge < -0.3 is 10.4 Å². The Hall–Kier alpha value is -3.23. The average Bonchev–Trinajstić information content (AvgIpc) is 3.23. The number of thioether (sulfide) groups is 1. The second-order valence-corrected chi connectivity index (χ2v) is 7.95. The SMILES string of the molecule is CC(c1ccccc1)n1c(SC(F)C(O)Nc2ccccc2)nnc1-c1ccccn1. The van der Waals surface area contributed by atoms with Gasteiger partial charge in [-0.25, -0.2) is 4.39 Å². The van der Waals surface area contributed by atoms with E-state index in [9.17, 15) is 9.50 Å². The largest absolute Gasteiger partial charge is 0.370 e. The number of hydrogen-bond donors (Lipinski definition) is 2. The third kappa shape index (κ3) is 4.92. The number of rotatable bonds is 8. The lowest BCUT2D eigenvalue weighted by Crippen LogP contribution is -2.28. The van der Waals surface area contributed by atoms with Crippen molar-refractivity contribution in [3.05, 3.63) is 90.6 Å². The number of aliphatic hydroxyl groups excluding tert-OH is 1. The fourth-order valence-corrected chi connectivity index (χ4v) is 4.04. The summed E-state index contributed by atoms with van der Waals surface area (Å²) >= 11 is 0.818. The van der Waals surface area contributed by atoms with E-state index in [2.05, 4.69) is 20.5 Å². The number of nitrogens with one attached hydrogen (secondary N) is 1. The molecule has 31 heavy (non-hydrogen) atoms. The topological polar surface area (TPSA) is 75.9 Å². The van der Waals surface area contributed by atoms with E-state index in [1.54, 1.807) is 18.3 Å². The van der Waals surface area contributed by atoms with E-state index < -0.39 is 11.7 Å². The zero-order valence-corrected chi connectivity index (χ0v) is 17.7. The molecule has 0 amide bonds. The second-order valence-electron chi connectivity index (χ2n) is 6.90. The van der Waals surface area contributed by atoms with Gasteiger partial charge in [0.2, 0.25) is 0 Å². The molecule has 8 heteroatoms. The number of anilines is 1. The van der Waals surface area contributed by atoms with Crippen LogP contribution >= 0.6 is 11.8 Å². The number of benzene rings is 2. The molecule has 2 N–H and O–H groups in total. The highest BCUT2D eigenvalue weighted by molar-refractivity contribution is 7.99. The Kier molecular flexibility index (Phi) is 6.59. The Balaban J connectivity index is 1.63. The summed E-state index contributed by atoms with van der Waals surface area (Å²) in [4.78, 5) is 4.38. The smallest absolute Gasteiger partial charge is 0.197 e. The lowest BCUT2D eigenvalue weighted by atomic mass is 10.1. The summed E-state index contributed by atoms with van der Waals surface area (Å²) < 4.78 is 16.8. The van der Waals surface area contributed by atoms with Crippen LogP contribution < -0.4 is 5.32 Å². The highest BCUT2D eigenvalue weighted by Crippen LogP contribution is 2.33. The van der Waals surface area contributed by atoms with Crippen molar-refractivity contribution in [2.45, 2.75) is 29.9 Å². The summed E-state index contributed by atoms with van der Waals surface area (Å²) in [7, 11) is 0. The third-order valence-corrected chi connectivity index (χ3v) is 5.75. The van der Waals surface area contributed by atoms with Gasteiger partial charge in [-0.3, -0.25) is 9.55 Å². The van der Waals surface area contributed by atoms with Crippen LogP contribution in [0.4, 0.5) is 10.1 Å². The van der Waals surface area contributed by atoms with Gasteiger partial charge in [0, 0.05) is 11.9 Å². The molecule has 0 saturated carbocycles. The summed E-state index contributed by atoms with van der Waals surface area (Å²) in [6.07, 6.45) is 0.266. The van der Waals surface area contributed by atoms with Gasteiger partial charge in [-0.2, -0.15) is 0 Å². The van der Waals surface area contributed by atoms with Crippen molar-refractivity contribution in [1.82, 2.24) is 19.7 Å². The van der Waals surface area contributed by atoms with E-state index >= 15 is 0 Å². The predicted octanol–water partition coefficient (Wildman–Crippen LogP) is 4.77. The Bertz CT molecular complexity index is 1090. The molecule has 3 atom stereocenters. The van der Waals surface area contributed by atoms with Gasteiger partial charge in [-0.05, 0) is 48.5 Å². The van der Waals surface area contributed by atoms with E-state index in [0.29, 0.717) is 22.4 Å². The summed E-state index contributed by atoms with van der Waals surface area (Å²) in [6.45, 7) is 2.00. The maximum atomic E-state index is 15.0. The first-order valence-corrected chi connectivity index (χ1v) is 10.7. The van der Waals surface area contributed by atoms with Crippen LogP contribution in [0.3, 0.4) is 0 Å². The van der Waals surface area contributed by atoms with E-state index in [1.165, 1.54) is 0 Å². The zero-order valence-electron chi connectivity index (χ0n) is 16.8. The normalized spacial score (nSPS) is 14.0. The molecule has 0 aliphatic rings. The van der Waals surface area contributed by atoms with E-state index in [1.807, 2.05) is 78.2 Å². The number of para-hydroxylation sites is 1. The van der Waals surface area contributed by atoms with Crippen molar-refractivity contribution < 1.29 is 9.50 Å². The molecule has 2 aromatic heterocycles. The van der Waals surface area contributed by atoms with Gasteiger partial charge >= 0.3 is 0 Å². The van der Waals surface area contributed by atoms with Crippen LogP contribution in [0, 0.1) is 0 Å². The fraction of sp³-hybridized carbons (Fsp3) is 0.174. The van der Waals surface area contributed by atoms with E-state index in [4.69, 9.17) is 0 Å². The van der Waals surface area contributed by atoms with Gasteiger partial charge in [0.25, 0.3) is 0 Å².